The number of rotatable bonds is 8. The average molecular weight is 328 g/mol. The molecule has 122 valence electrons. The number of carbonyl (C=O) groups is 1. The first-order valence-corrected chi connectivity index (χ1v) is 8.93. The molecule has 23 heavy (non-hydrogen) atoms. The van der Waals surface area contributed by atoms with E-state index in [1.807, 2.05) is 48.5 Å². The van der Waals surface area contributed by atoms with Crippen molar-refractivity contribution in [3.05, 3.63) is 48.5 Å². The normalized spacial score (nSPS) is 10.5. The number of anilines is 1. The summed E-state index contributed by atoms with van der Waals surface area (Å²) in [7, 11) is 0. The first kappa shape index (κ1) is 17.4. The van der Waals surface area contributed by atoms with E-state index in [0.717, 1.165) is 34.6 Å². The van der Waals surface area contributed by atoms with Crippen LogP contribution in [0.3, 0.4) is 0 Å². The smallest absolute Gasteiger partial charge is 0.230 e. The maximum atomic E-state index is 11.9. The summed E-state index contributed by atoms with van der Waals surface area (Å²) in [6, 6.07) is 15.8. The first-order chi connectivity index (χ1) is 11.2. The molecule has 0 radical (unpaired) electrons. The van der Waals surface area contributed by atoms with Crippen molar-refractivity contribution in [1.82, 2.24) is 4.72 Å². The van der Waals surface area contributed by atoms with Crippen molar-refractivity contribution in [2.75, 3.05) is 5.73 Å². The maximum Gasteiger partial charge on any atom is 0.230 e. The second-order valence-electron chi connectivity index (χ2n) is 5.52. The highest BCUT2D eigenvalue weighted by Gasteiger charge is 2.09. The molecule has 0 aliphatic carbocycles. The Morgan fingerprint density at radius 2 is 1.70 bits per heavy atom. The van der Waals surface area contributed by atoms with Gasteiger partial charge in [-0.1, -0.05) is 62.6 Å². The molecule has 0 aliphatic rings. The molecule has 2 rings (SSSR count). The number of hydrogen-bond acceptors (Lipinski definition) is 3. The van der Waals surface area contributed by atoms with Crippen LogP contribution in [0.15, 0.2) is 53.4 Å². The van der Waals surface area contributed by atoms with E-state index in [1.54, 1.807) is 0 Å². The van der Waals surface area contributed by atoms with Gasteiger partial charge in [0, 0.05) is 22.6 Å². The fourth-order valence-electron chi connectivity index (χ4n) is 2.40. The summed E-state index contributed by atoms with van der Waals surface area (Å²) in [5.74, 6) is 0.0851. The van der Waals surface area contributed by atoms with Gasteiger partial charge < -0.3 is 5.73 Å². The number of amides is 1. The van der Waals surface area contributed by atoms with E-state index < -0.39 is 0 Å². The molecule has 0 heterocycles. The quantitative estimate of drug-likeness (QED) is 0.406. The Morgan fingerprint density at radius 3 is 2.43 bits per heavy atom. The van der Waals surface area contributed by atoms with Gasteiger partial charge >= 0.3 is 0 Å². The van der Waals surface area contributed by atoms with Gasteiger partial charge in [0.2, 0.25) is 5.91 Å². The molecule has 0 aliphatic heterocycles. The summed E-state index contributed by atoms with van der Waals surface area (Å²) in [5.41, 5.74) is 8.85. The van der Waals surface area contributed by atoms with Crippen LogP contribution < -0.4 is 10.5 Å². The van der Waals surface area contributed by atoms with Gasteiger partial charge in [0.15, 0.2) is 0 Å². The Labute approximate surface area is 142 Å². The summed E-state index contributed by atoms with van der Waals surface area (Å²) in [6.45, 7) is 2.17. The van der Waals surface area contributed by atoms with Crippen molar-refractivity contribution < 1.29 is 4.79 Å². The topological polar surface area (TPSA) is 55.1 Å². The molecule has 0 atom stereocenters. The molecule has 0 unspecified atom stereocenters. The van der Waals surface area contributed by atoms with E-state index in [2.05, 4.69) is 11.6 Å². The highest BCUT2D eigenvalue weighted by atomic mass is 32.2. The fraction of sp³-hybridized carbons (Fsp3) is 0.316. The van der Waals surface area contributed by atoms with Gasteiger partial charge in [-0.25, -0.2) is 0 Å². The summed E-state index contributed by atoms with van der Waals surface area (Å²) >= 11 is 1.37. The number of unbranched alkanes of at least 4 members (excludes halogenated alkanes) is 3. The lowest BCUT2D eigenvalue weighted by molar-refractivity contribution is -0.119. The number of benzene rings is 2. The number of nitrogens with two attached hydrogens (primary N) is 1. The SMILES string of the molecule is CCCCCCC(=O)NSc1ccccc1-c1ccccc1N. The number of hydrogen-bond donors (Lipinski definition) is 2. The van der Waals surface area contributed by atoms with E-state index in [0.29, 0.717) is 6.42 Å². The van der Waals surface area contributed by atoms with E-state index in [4.69, 9.17) is 5.73 Å². The van der Waals surface area contributed by atoms with Crippen LogP contribution in [0.5, 0.6) is 0 Å². The molecule has 0 aromatic heterocycles. The van der Waals surface area contributed by atoms with Crippen molar-refractivity contribution in [3.8, 4) is 11.1 Å². The number of carbonyl (C=O) groups excluding carboxylic acids is 1. The third-order valence-corrected chi connectivity index (χ3v) is 4.58. The largest absolute Gasteiger partial charge is 0.398 e. The number of para-hydroxylation sites is 1. The average Bonchev–Trinajstić information content (AvgIpc) is 2.58. The van der Waals surface area contributed by atoms with Gasteiger partial charge in [0.05, 0.1) is 0 Å². The highest BCUT2D eigenvalue weighted by Crippen LogP contribution is 2.33. The molecular formula is C19H24N2OS. The van der Waals surface area contributed by atoms with Crippen LogP contribution in [0.1, 0.15) is 39.0 Å². The third kappa shape index (κ3) is 5.32. The Kier molecular flexibility index (Phi) is 7.01. The summed E-state index contributed by atoms with van der Waals surface area (Å²) in [5, 5.41) is 0. The second-order valence-corrected chi connectivity index (χ2v) is 6.37. The lowest BCUT2D eigenvalue weighted by Crippen LogP contribution is -2.15. The van der Waals surface area contributed by atoms with Gasteiger partial charge in [0.25, 0.3) is 0 Å². The lowest BCUT2D eigenvalue weighted by atomic mass is 10.0. The number of nitrogens with one attached hydrogen (secondary N) is 1. The zero-order valence-electron chi connectivity index (χ0n) is 13.5. The van der Waals surface area contributed by atoms with Gasteiger partial charge in [0.1, 0.15) is 0 Å². The molecule has 1 amide bonds. The summed E-state index contributed by atoms with van der Waals surface area (Å²) in [6.07, 6.45) is 5.03. The molecule has 0 spiro atoms. The standard InChI is InChI=1S/C19H24N2OS/c1-2-3-4-5-14-19(22)21-23-18-13-9-7-11-16(18)15-10-6-8-12-17(15)20/h6-13H,2-5,14,20H2,1H3,(H,21,22). The fourth-order valence-corrected chi connectivity index (χ4v) is 3.16. The van der Waals surface area contributed by atoms with Crippen LogP contribution in [0.2, 0.25) is 0 Å². The van der Waals surface area contributed by atoms with Crippen LogP contribution >= 0.6 is 11.9 Å². The molecule has 0 bridgehead atoms. The Bertz CT molecular complexity index is 643. The minimum atomic E-state index is 0.0851. The van der Waals surface area contributed by atoms with Crippen LogP contribution in [-0.4, -0.2) is 5.91 Å². The van der Waals surface area contributed by atoms with Crippen LogP contribution in [0.4, 0.5) is 5.69 Å². The predicted molar refractivity (Wildman–Crippen MR) is 99.0 cm³/mol. The summed E-state index contributed by atoms with van der Waals surface area (Å²) in [4.78, 5) is 12.9. The van der Waals surface area contributed by atoms with Crippen molar-refractivity contribution in [3.63, 3.8) is 0 Å². The Hall–Kier alpha value is -1.94. The molecule has 0 saturated heterocycles. The van der Waals surface area contributed by atoms with Gasteiger partial charge in [-0.3, -0.25) is 9.52 Å². The second kappa shape index (κ2) is 9.26. The van der Waals surface area contributed by atoms with Crippen molar-refractivity contribution >= 4 is 23.5 Å². The number of nitrogen functional groups attached to an aromatic ring is 1. The molecule has 0 saturated carbocycles. The molecule has 3 N–H and O–H groups in total. The zero-order chi connectivity index (χ0) is 16.5. The van der Waals surface area contributed by atoms with Crippen LogP contribution in [0.25, 0.3) is 11.1 Å². The molecule has 0 fully saturated rings. The molecule has 4 heteroatoms. The monoisotopic (exact) mass is 328 g/mol. The highest BCUT2D eigenvalue weighted by molar-refractivity contribution is 7.98. The van der Waals surface area contributed by atoms with Crippen molar-refractivity contribution in [2.24, 2.45) is 0 Å². The Morgan fingerprint density at radius 1 is 1.00 bits per heavy atom. The Balaban J connectivity index is 1.99. The van der Waals surface area contributed by atoms with Crippen LogP contribution in [-0.2, 0) is 4.79 Å². The zero-order valence-corrected chi connectivity index (χ0v) is 14.4. The van der Waals surface area contributed by atoms with E-state index >= 15 is 0 Å². The maximum absolute atomic E-state index is 11.9. The molecular weight excluding hydrogens is 304 g/mol. The minimum absolute atomic E-state index is 0.0851. The minimum Gasteiger partial charge on any atom is -0.398 e. The van der Waals surface area contributed by atoms with E-state index in [9.17, 15) is 4.79 Å². The van der Waals surface area contributed by atoms with E-state index in [1.165, 1.54) is 24.8 Å². The lowest BCUT2D eigenvalue weighted by Gasteiger charge is -2.11. The first-order valence-electron chi connectivity index (χ1n) is 8.12. The van der Waals surface area contributed by atoms with Gasteiger partial charge in [-0.05, 0) is 36.1 Å². The van der Waals surface area contributed by atoms with Crippen molar-refractivity contribution in [2.45, 2.75) is 43.9 Å². The molecule has 2 aromatic carbocycles. The van der Waals surface area contributed by atoms with Gasteiger partial charge in [-0.2, -0.15) is 0 Å². The van der Waals surface area contributed by atoms with E-state index in [-0.39, 0.29) is 5.91 Å². The molecule has 2 aromatic rings. The van der Waals surface area contributed by atoms with Gasteiger partial charge in [-0.15, -0.1) is 0 Å². The van der Waals surface area contributed by atoms with Crippen LogP contribution in [0, 0.1) is 0 Å². The third-order valence-electron chi connectivity index (χ3n) is 3.67. The van der Waals surface area contributed by atoms with Crippen molar-refractivity contribution in [1.29, 1.82) is 0 Å². The molecule has 3 nitrogen and oxygen atoms in total. The predicted octanol–water partition coefficient (Wildman–Crippen LogP) is 5.03. The summed E-state index contributed by atoms with van der Waals surface area (Å²) < 4.78 is 2.94.